The number of rotatable bonds is 7. The highest BCUT2D eigenvalue weighted by molar-refractivity contribution is 7.92. The maximum absolute atomic E-state index is 12.7. The van der Waals surface area contributed by atoms with Gasteiger partial charge in [-0.2, -0.15) is 13.2 Å². The van der Waals surface area contributed by atoms with Gasteiger partial charge in [-0.3, -0.25) is 9.52 Å². The van der Waals surface area contributed by atoms with Crippen molar-refractivity contribution in [1.82, 2.24) is 5.32 Å². The number of anilines is 1. The summed E-state index contributed by atoms with van der Waals surface area (Å²) in [7, 11) is -3.50. The minimum absolute atomic E-state index is 0.121. The molecule has 0 spiro atoms. The Morgan fingerprint density at radius 2 is 1.84 bits per heavy atom. The number of carbonyl (C=O) groups excluding carboxylic acids is 1. The van der Waals surface area contributed by atoms with Crippen molar-refractivity contribution in [2.45, 2.75) is 38.1 Å². The van der Waals surface area contributed by atoms with Crippen LogP contribution in [0.4, 0.5) is 18.9 Å². The first-order valence-electron chi connectivity index (χ1n) is 9.58. The summed E-state index contributed by atoms with van der Waals surface area (Å²) in [6, 6.07) is 9.24. The van der Waals surface area contributed by atoms with Crippen LogP contribution in [0.2, 0.25) is 0 Å². The standard InChI is InChI=1S/C21H23F3N2O4S/c1-12(14-5-8-19(15(9-14)11-27)26-31(2,29)30)25-20(28)18-10-17(18)13-3-6-16(7-4-13)21(22,23)24/h3-9,12,17-18,26-27H,10-11H2,1-2H3,(H,25,28). The number of alkyl halides is 3. The van der Waals surface area contributed by atoms with Crippen LogP contribution in [0, 0.1) is 5.92 Å². The van der Waals surface area contributed by atoms with Crippen LogP contribution in [0.1, 0.15) is 47.6 Å². The Bertz CT molecular complexity index is 1070. The number of amides is 1. The van der Waals surface area contributed by atoms with Gasteiger partial charge in [0.25, 0.3) is 0 Å². The van der Waals surface area contributed by atoms with Crippen molar-refractivity contribution in [2.75, 3.05) is 11.0 Å². The molecular weight excluding hydrogens is 433 g/mol. The lowest BCUT2D eigenvalue weighted by atomic mass is 10.0. The van der Waals surface area contributed by atoms with Gasteiger partial charge in [-0.1, -0.05) is 18.2 Å². The number of carbonyl (C=O) groups is 1. The highest BCUT2D eigenvalue weighted by atomic mass is 32.2. The molecule has 0 heterocycles. The molecular formula is C21H23F3N2O4S. The molecule has 1 fully saturated rings. The molecule has 2 aromatic rings. The fourth-order valence-corrected chi connectivity index (χ4v) is 4.09. The van der Waals surface area contributed by atoms with Gasteiger partial charge in [0, 0.05) is 11.5 Å². The Kier molecular flexibility index (Phi) is 6.33. The van der Waals surface area contributed by atoms with Crippen molar-refractivity contribution in [2.24, 2.45) is 5.92 Å². The van der Waals surface area contributed by atoms with Crippen LogP contribution in [-0.2, 0) is 27.6 Å². The smallest absolute Gasteiger partial charge is 0.392 e. The monoisotopic (exact) mass is 456 g/mol. The highest BCUT2D eigenvalue weighted by Gasteiger charge is 2.44. The first kappa shape index (κ1) is 23.1. The molecule has 3 atom stereocenters. The molecule has 3 rings (SSSR count). The lowest BCUT2D eigenvalue weighted by Gasteiger charge is -2.17. The van der Waals surface area contributed by atoms with E-state index in [0.29, 0.717) is 23.1 Å². The SMILES string of the molecule is CC(NC(=O)C1CC1c1ccc(C(F)(F)F)cc1)c1ccc(NS(C)(=O)=O)c(CO)c1. The zero-order valence-corrected chi connectivity index (χ0v) is 17.7. The highest BCUT2D eigenvalue weighted by Crippen LogP contribution is 2.48. The van der Waals surface area contributed by atoms with E-state index in [-0.39, 0.29) is 30.0 Å². The van der Waals surface area contributed by atoms with Gasteiger partial charge in [0.15, 0.2) is 0 Å². The summed E-state index contributed by atoms with van der Waals surface area (Å²) in [4.78, 5) is 12.6. The molecule has 0 aromatic heterocycles. The van der Waals surface area contributed by atoms with Crippen molar-refractivity contribution in [1.29, 1.82) is 0 Å². The molecule has 3 unspecified atom stereocenters. The summed E-state index contributed by atoms with van der Waals surface area (Å²) >= 11 is 0. The van der Waals surface area contributed by atoms with Gasteiger partial charge in [-0.25, -0.2) is 8.42 Å². The second kappa shape index (κ2) is 8.51. The van der Waals surface area contributed by atoms with Crippen molar-refractivity contribution < 1.29 is 31.5 Å². The average Bonchev–Trinajstić information content (AvgIpc) is 3.47. The number of sulfonamides is 1. The number of aliphatic hydroxyl groups is 1. The number of benzene rings is 2. The third-order valence-electron chi connectivity index (χ3n) is 5.25. The van der Waals surface area contributed by atoms with Crippen molar-refractivity contribution in [3.05, 3.63) is 64.7 Å². The molecule has 1 aliphatic rings. The summed E-state index contributed by atoms with van der Waals surface area (Å²) in [5, 5.41) is 12.4. The zero-order valence-electron chi connectivity index (χ0n) is 16.9. The number of hydrogen-bond acceptors (Lipinski definition) is 4. The fourth-order valence-electron chi connectivity index (χ4n) is 3.49. The van der Waals surface area contributed by atoms with Gasteiger partial charge >= 0.3 is 6.18 Å². The number of hydrogen-bond donors (Lipinski definition) is 3. The molecule has 0 radical (unpaired) electrons. The number of nitrogens with one attached hydrogen (secondary N) is 2. The zero-order chi connectivity index (χ0) is 23.0. The van der Waals surface area contributed by atoms with Crippen molar-refractivity contribution in [3.63, 3.8) is 0 Å². The Hall–Kier alpha value is -2.59. The Labute approximate surface area is 178 Å². The number of aliphatic hydroxyl groups excluding tert-OH is 1. The molecule has 0 saturated heterocycles. The van der Waals surface area contributed by atoms with Crippen LogP contribution in [0.3, 0.4) is 0 Å². The second-order valence-electron chi connectivity index (χ2n) is 7.75. The van der Waals surface area contributed by atoms with E-state index < -0.39 is 27.8 Å². The molecule has 6 nitrogen and oxygen atoms in total. The van der Waals surface area contributed by atoms with Gasteiger partial charge in [0.05, 0.1) is 30.2 Å². The number of halogens is 3. The van der Waals surface area contributed by atoms with E-state index in [1.54, 1.807) is 19.1 Å². The quantitative estimate of drug-likeness (QED) is 0.594. The Balaban J connectivity index is 1.63. The van der Waals surface area contributed by atoms with Crippen LogP contribution in [0.5, 0.6) is 0 Å². The average molecular weight is 456 g/mol. The molecule has 1 aliphatic carbocycles. The van der Waals surface area contributed by atoms with Crippen molar-refractivity contribution in [3.8, 4) is 0 Å². The summed E-state index contributed by atoms with van der Waals surface area (Å²) in [6.45, 7) is 1.37. The lowest BCUT2D eigenvalue weighted by Crippen LogP contribution is -2.28. The summed E-state index contributed by atoms with van der Waals surface area (Å²) < 4.78 is 63.3. The fraction of sp³-hybridized carbons (Fsp3) is 0.381. The van der Waals surface area contributed by atoms with Crippen molar-refractivity contribution >= 4 is 21.6 Å². The first-order valence-corrected chi connectivity index (χ1v) is 11.5. The summed E-state index contributed by atoms with van der Waals surface area (Å²) in [5.74, 6) is -0.646. The topological polar surface area (TPSA) is 95.5 Å². The molecule has 1 amide bonds. The van der Waals surface area contributed by atoms with Crippen LogP contribution in [-0.4, -0.2) is 25.7 Å². The predicted molar refractivity (Wildman–Crippen MR) is 110 cm³/mol. The Morgan fingerprint density at radius 1 is 1.19 bits per heavy atom. The maximum Gasteiger partial charge on any atom is 0.416 e. The van der Waals surface area contributed by atoms with Gasteiger partial charge < -0.3 is 10.4 Å². The van der Waals surface area contributed by atoms with Gasteiger partial charge in [-0.15, -0.1) is 0 Å². The van der Waals surface area contributed by atoms with Crippen LogP contribution in [0.15, 0.2) is 42.5 Å². The van der Waals surface area contributed by atoms with Gasteiger partial charge in [0.1, 0.15) is 0 Å². The normalized spacial score (nSPS) is 19.5. The first-order chi connectivity index (χ1) is 14.4. The summed E-state index contributed by atoms with van der Waals surface area (Å²) in [5.41, 5.74) is 1.29. The Morgan fingerprint density at radius 3 is 2.39 bits per heavy atom. The van der Waals surface area contributed by atoms with E-state index >= 15 is 0 Å². The largest absolute Gasteiger partial charge is 0.416 e. The van der Waals surface area contributed by atoms with E-state index in [0.717, 1.165) is 18.4 Å². The summed E-state index contributed by atoms with van der Waals surface area (Å²) in [6.07, 6.45) is -2.83. The van der Waals surface area contributed by atoms with E-state index in [9.17, 15) is 31.5 Å². The molecule has 0 aliphatic heterocycles. The minimum Gasteiger partial charge on any atom is -0.392 e. The molecule has 168 valence electrons. The maximum atomic E-state index is 12.7. The molecule has 31 heavy (non-hydrogen) atoms. The van der Waals surface area contributed by atoms with E-state index in [1.807, 2.05) is 0 Å². The van der Waals surface area contributed by atoms with Gasteiger partial charge in [-0.05, 0) is 54.7 Å². The van der Waals surface area contributed by atoms with Crippen LogP contribution < -0.4 is 10.0 Å². The minimum atomic E-state index is -4.39. The van der Waals surface area contributed by atoms with Gasteiger partial charge in [0.2, 0.25) is 15.9 Å². The molecule has 2 aromatic carbocycles. The van der Waals surface area contributed by atoms with Crippen LogP contribution >= 0.6 is 0 Å². The third kappa shape index (κ3) is 5.76. The van der Waals surface area contributed by atoms with Crippen LogP contribution in [0.25, 0.3) is 0 Å². The van der Waals surface area contributed by atoms with E-state index in [2.05, 4.69) is 10.0 Å². The second-order valence-corrected chi connectivity index (χ2v) is 9.50. The molecule has 10 heteroatoms. The predicted octanol–water partition coefficient (Wildman–Crippen LogP) is 3.55. The molecule has 0 bridgehead atoms. The molecule has 3 N–H and O–H groups in total. The third-order valence-corrected chi connectivity index (χ3v) is 5.84. The lowest BCUT2D eigenvalue weighted by molar-refractivity contribution is -0.137. The van der Waals surface area contributed by atoms with E-state index in [4.69, 9.17) is 0 Å². The van der Waals surface area contributed by atoms with E-state index in [1.165, 1.54) is 18.2 Å². The molecule has 1 saturated carbocycles.